The van der Waals surface area contributed by atoms with E-state index in [1.54, 1.807) is 43.9 Å². The number of rotatable bonds is 10. The first kappa shape index (κ1) is 24.4. The lowest BCUT2D eigenvalue weighted by molar-refractivity contribution is -0.143. The minimum atomic E-state index is -0.649. The molecule has 0 aliphatic carbocycles. The Morgan fingerprint density at radius 1 is 1.19 bits per heavy atom. The van der Waals surface area contributed by atoms with Crippen LogP contribution in [0.25, 0.3) is 0 Å². The number of carbonyl (C=O) groups excluding carboxylic acids is 3. The fourth-order valence-corrected chi connectivity index (χ4v) is 3.52. The molecule has 1 aromatic rings. The van der Waals surface area contributed by atoms with Crippen LogP contribution in [0.3, 0.4) is 0 Å². The van der Waals surface area contributed by atoms with Crippen LogP contribution in [0.1, 0.15) is 78.3 Å². The molecule has 1 heterocycles. The van der Waals surface area contributed by atoms with E-state index in [4.69, 9.17) is 4.74 Å². The van der Waals surface area contributed by atoms with Crippen LogP contribution in [0.15, 0.2) is 35.5 Å². The third kappa shape index (κ3) is 6.57. The van der Waals surface area contributed by atoms with Crippen molar-refractivity contribution < 1.29 is 19.1 Å². The van der Waals surface area contributed by atoms with Gasteiger partial charge in [0.2, 0.25) is 5.91 Å². The third-order valence-electron chi connectivity index (χ3n) is 5.16. The maximum atomic E-state index is 13.0. The Balaban J connectivity index is 2.39. The molecule has 170 valence electrons. The smallest absolute Gasteiger partial charge is 0.338 e. The Kier molecular flexibility index (Phi) is 9.09. The maximum absolute atomic E-state index is 13.0. The number of carbonyl (C=O) groups is 3. The number of esters is 1. The highest BCUT2D eigenvalue weighted by Gasteiger charge is 2.36. The Labute approximate surface area is 185 Å². The first-order chi connectivity index (χ1) is 14.8. The van der Waals surface area contributed by atoms with E-state index in [1.807, 2.05) is 13.0 Å². The number of unbranched alkanes of at least 4 members (excludes halogenated alkanes) is 2. The van der Waals surface area contributed by atoms with Gasteiger partial charge in [0.1, 0.15) is 0 Å². The average molecular weight is 430 g/mol. The highest BCUT2D eigenvalue weighted by atomic mass is 16.5. The van der Waals surface area contributed by atoms with Crippen molar-refractivity contribution in [3.05, 3.63) is 41.1 Å². The molecule has 0 spiro atoms. The molecule has 7 nitrogen and oxygen atoms in total. The summed E-state index contributed by atoms with van der Waals surface area (Å²) in [6.07, 6.45) is 3.72. The topological polar surface area (TPSA) is 87.7 Å². The van der Waals surface area contributed by atoms with Crippen molar-refractivity contribution in [2.75, 3.05) is 11.9 Å². The van der Waals surface area contributed by atoms with Crippen LogP contribution in [-0.2, 0) is 14.3 Å². The normalized spacial score (nSPS) is 16.4. The molecule has 7 heteroatoms. The molecule has 1 aromatic carbocycles. The van der Waals surface area contributed by atoms with Gasteiger partial charge < -0.3 is 15.4 Å². The van der Waals surface area contributed by atoms with Gasteiger partial charge in [-0.3, -0.25) is 9.69 Å². The first-order valence-corrected chi connectivity index (χ1v) is 11.2. The Bertz CT molecular complexity index is 832. The summed E-state index contributed by atoms with van der Waals surface area (Å²) < 4.78 is 5.49. The summed E-state index contributed by atoms with van der Waals surface area (Å²) in [6, 6.07) is 6.35. The van der Waals surface area contributed by atoms with Gasteiger partial charge in [-0.1, -0.05) is 38.8 Å². The van der Waals surface area contributed by atoms with E-state index >= 15 is 0 Å². The highest BCUT2D eigenvalue weighted by molar-refractivity contribution is 5.95. The molecule has 1 aliphatic heterocycles. The molecule has 0 bridgehead atoms. The standard InChI is InChI=1S/C24H35N3O4/c1-6-8-13-20(28)25-19-12-10-11-18(15-19)22-21(23(29)31-16(3)4)17(5)27(14-9-7-2)24(30)26-22/h10-12,15-16,22H,6-9,13-14H2,1-5H3,(H,25,28)(H,26,30). The summed E-state index contributed by atoms with van der Waals surface area (Å²) in [5.74, 6) is -0.500. The molecule has 1 atom stereocenters. The monoisotopic (exact) mass is 429 g/mol. The number of hydrogen-bond acceptors (Lipinski definition) is 4. The van der Waals surface area contributed by atoms with Crippen molar-refractivity contribution in [1.29, 1.82) is 0 Å². The summed E-state index contributed by atoms with van der Waals surface area (Å²) in [4.78, 5) is 39.5. The van der Waals surface area contributed by atoms with Crippen molar-refractivity contribution >= 4 is 23.6 Å². The summed E-state index contributed by atoms with van der Waals surface area (Å²) in [5.41, 5.74) is 2.37. The second-order valence-corrected chi connectivity index (χ2v) is 8.12. The van der Waals surface area contributed by atoms with Crippen LogP contribution < -0.4 is 10.6 Å². The molecule has 0 radical (unpaired) electrons. The molecule has 0 aromatic heterocycles. The number of allylic oxidation sites excluding steroid dienone is 1. The molecular weight excluding hydrogens is 394 g/mol. The predicted octanol–water partition coefficient (Wildman–Crippen LogP) is 4.91. The van der Waals surface area contributed by atoms with E-state index < -0.39 is 12.0 Å². The number of amides is 3. The lowest BCUT2D eigenvalue weighted by Crippen LogP contribution is -2.48. The Morgan fingerprint density at radius 2 is 1.90 bits per heavy atom. The van der Waals surface area contributed by atoms with Crippen LogP contribution in [-0.4, -0.2) is 35.5 Å². The number of hydrogen-bond donors (Lipinski definition) is 2. The molecule has 2 N–H and O–H groups in total. The molecule has 0 saturated heterocycles. The van der Waals surface area contributed by atoms with Gasteiger partial charge in [-0.2, -0.15) is 0 Å². The number of ether oxygens (including phenoxy) is 1. The molecule has 2 rings (SSSR count). The quantitative estimate of drug-likeness (QED) is 0.518. The van der Waals surface area contributed by atoms with Gasteiger partial charge >= 0.3 is 12.0 Å². The van der Waals surface area contributed by atoms with Gasteiger partial charge in [0.15, 0.2) is 0 Å². The minimum absolute atomic E-state index is 0.0522. The second-order valence-electron chi connectivity index (χ2n) is 8.12. The minimum Gasteiger partial charge on any atom is -0.459 e. The molecule has 1 unspecified atom stereocenters. The lowest BCUT2D eigenvalue weighted by Gasteiger charge is -2.35. The fourth-order valence-electron chi connectivity index (χ4n) is 3.52. The maximum Gasteiger partial charge on any atom is 0.338 e. The molecule has 1 aliphatic rings. The van der Waals surface area contributed by atoms with Crippen LogP contribution >= 0.6 is 0 Å². The van der Waals surface area contributed by atoms with Crippen LogP contribution in [0, 0.1) is 0 Å². The van der Waals surface area contributed by atoms with Crippen LogP contribution in [0.4, 0.5) is 10.5 Å². The van der Waals surface area contributed by atoms with E-state index in [0.29, 0.717) is 35.5 Å². The van der Waals surface area contributed by atoms with Gasteiger partial charge in [-0.25, -0.2) is 9.59 Å². The first-order valence-electron chi connectivity index (χ1n) is 11.2. The largest absolute Gasteiger partial charge is 0.459 e. The van der Waals surface area contributed by atoms with Gasteiger partial charge in [-0.05, 0) is 51.3 Å². The lowest BCUT2D eigenvalue weighted by atomic mass is 9.94. The zero-order valence-electron chi connectivity index (χ0n) is 19.3. The van der Waals surface area contributed by atoms with E-state index in [2.05, 4.69) is 17.6 Å². The van der Waals surface area contributed by atoms with Crippen molar-refractivity contribution in [3.63, 3.8) is 0 Å². The van der Waals surface area contributed by atoms with E-state index in [1.165, 1.54) is 0 Å². The van der Waals surface area contributed by atoms with Crippen LogP contribution in [0.5, 0.6) is 0 Å². The van der Waals surface area contributed by atoms with E-state index in [-0.39, 0.29) is 18.0 Å². The van der Waals surface area contributed by atoms with Gasteiger partial charge in [-0.15, -0.1) is 0 Å². The number of nitrogens with one attached hydrogen (secondary N) is 2. The van der Waals surface area contributed by atoms with Crippen molar-refractivity contribution in [3.8, 4) is 0 Å². The van der Waals surface area contributed by atoms with Crippen molar-refractivity contribution in [2.45, 2.75) is 78.9 Å². The number of nitrogens with zero attached hydrogens (tertiary/aromatic N) is 1. The molecule has 0 saturated carbocycles. The van der Waals surface area contributed by atoms with Gasteiger partial charge in [0, 0.05) is 24.4 Å². The second kappa shape index (κ2) is 11.5. The van der Waals surface area contributed by atoms with E-state index in [9.17, 15) is 14.4 Å². The SMILES string of the molecule is CCCCC(=O)Nc1cccc(C2NC(=O)N(CCCC)C(C)=C2C(=O)OC(C)C)c1. The predicted molar refractivity (Wildman–Crippen MR) is 121 cm³/mol. The molecule has 31 heavy (non-hydrogen) atoms. The molecular formula is C24H35N3O4. The number of anilines is 1. The number of urea groups is 1. The van der Waals surface area contributed by atoms with Crippen LogP contribution in [0.2, 0.25) is 0 Å². The summed E-state index contributed by atoms with van der Waals surface area (Å²) >= 11 is 0. The molecule has 0 fully saturated rings. The third-order valence-corrected chi connectivity index (χ3v) is 5.16. The summed E-state index contributed by atoms with van der Waals surface area (Å²) in [6.45, 7) is 10.0. The Hall–Kier alpha value is -2.83. The average Bonchev–Trinajstić information content (AvgIpc) is 2.71. The van der Waals surface area contributed by atoms with E-state index in [0.717, 1.165) is 25.7 Å². The Morgan fingerprint density at radius 3 is 2.55 bits per heavy atom. The van der Waals surface area contributed by atoms with Gasteiger partial charge in [0.05, 0.1) is 17.7 Å². The molecule has 3 amide bonds. The zero-order chi connectivity index (χ0) is 23.0. The highest BCUT2D eigenvalue weighted by Crippen LogP contribution is 2.33. The fraction of sp³-hybridized carbons (Fsp3) is 0.542. The van der Waals surface area contributed by atoms with Gasteiger partial charge in [0.25, 0.3) is 0 Å². The number of benzene rings is 1. The van der Waals surface area contributed by atoms with Crippen molar-refractivity contribution in [2.24, 2.45) is 0 Å². The van der Waals surface area contributed by atoms with Crippen molar-refractivity contribution in [1.82, 2.24) is 10.2 Å². The zero-order valence-corrected chi connectivity index (χ0v) is 19.3. The summed E-state index contributed by atoms with van der Waals surface area (Å²) in [5, 5.41) is 5.85. The summed E-state index contributed by atoms with van der Waals surface area (Å²) in [7, 11) is 0.